The highest BCUT2D eigenvalue weighted by atomic mass is 79.9. The number of amides is 3. The highest BCUT2D eigenvalue weighted by Crippen LogP contribution is 2.36. The van der Waals surface area contributed by atoms with Crippen LogP contribution in [0, 0.1) is 0 Å². The van der Waals surface area contributed by atoms with Crippen molar-refractivity contribution in [3.05, 3.63) is 39.0 Å². The lowest BCUT2D eigenvalue weighted by Crippen LogP contribution is -2.61. The van der Waals surface area contributed by atoms with Crippen LogP contribution in [0.15, 0.2) is 34.1 Å². The van der Waals surface area contributed by atoms with Gasteiger partial charge < -0.3 is 25.0 Å². The molecule has 0 radical (unpaired) electrons. The van der Waals surface area contributed by atoms with Gasteiger partial charge in [-0.15, -0.1) is 11.3 Å². The highest BCUT2D eigenvalue weighted by Gasteiger charge is 2.45. The average molecular weight is 522 g/mol. The van der Waals surface area contributed by atoms with Gasteiger partial charge in [-0.05, 0) is 59.5 Å². The van der Waals surface area contributed by atoms with Gasteiger partial charge in [0.2, 0.25) is 11.8 Å². The van der Waals surface area contributed by atoms with Crippen molar-refractivity contribution in [3.8, 4) is 5.75 Å². The van der Waals surface area contributed by atoms with Gasteiger partial charge in [-0.3, -0.25) is 14.4 Å². The summed E-state index contributed by atoms with van der Waals surface area (Å²) in [5, 5.41) is 5.83. The van der Waals surface area contributed by atoms with Crippen LogP contribution in [0.4, 0.5) is 11.4 Å². The minimum Gasteiger partial charge on any atom is -0.494 e. The van der Waals surface area contributed by atoms with Crippen LogP contribution in [-0.4, -0.2) is 50.1 Å². The molecule has 1 saturated carbocycles. The summed E-state index contributed by atoms with van der Waals surface area (Å²) in [4.78, 5) is 40.4. The van der Waals surface area contributed by atoms with E-state index in [9.17, 15) is 14.4 Å². The van der Waals surface area contributed by atoms with Crippen molar-refractivity contribution in [2.24, 2.45) is 0 Å². The quantitative estimate of drug-likeness (QED) is 0.605. The number of ether oxygens (including phenoxy) is 2. The first-order valence-electron chi connectivity index (χ1n) is 10.4. The van der Waals surface area contributed by atoms with Crippen molar-refractivity contribution < 1.29 is 23.9 Å². The zero-order valence-electron chi connectivity index (χ0n) is 17.6. The van der Waals surface area contributed by atoms with Gasteiger partial charge in [0.25, 0.3) is 5.91 Å². The van der Waals surface area contributed by atoms with Crippen molar-refractivity contribution >= 4 is 56.4 Å². The summed E-state index contributed by atoms with van der Waals surface area (Å²) >= 11 is 4.68. The van der Waals surface area contributed by atoms with Crippen molar-refractivity contribution in [2.45, 2.75) is 31.2 Å². The number of hydrogen-bond donors (Lipinski definition) is 2. The Bertz CT molecular complexity index is 1040. The molecule has 8 nitrogen and oxygen atoms in total. The second-order valence-corrected chi connectivity index (χ2v) is 10.2. The molecule has 2 aliphatic rings. The molecule has 0 unspecified atom stereocenters. The molecule has 2 N–H and O–H groups in total. The molecule has 32 heavy (non-hydrogen) atoms. The predicted octanol–water partition coefficient (Wildman–Crippen LogP) is 3.56. The smallest absolute Gasteiger partial charge is 0.262 e. The van der Waals surface area contributed by atoms with Crippen LogP contribution in [0.5, 0.6) is 5.75 Å². The highest BCUT2D eigenvalue weighted by molar-refractivity contribution is 9.11. The molecular weight excluding hydrogens is 498 g/mol. The maximum atomic E-state index is 13.1. The van der Waals surface area contributed by atoms with Gasteiger partial charge in [0.05, 0.1) is 41.1 Å². The van der Waals surface area contributed by atoms with E-state index < -0.39 is 5.54 Å². The molecule has 0 atom stereocenters. The first kappa shape index (κ1) is 22.8. The van der Waals surface area contributed by atoms with Crippen molar-refractivity contribution in [1.29, 1.82) is 0 Å². The van der Waals surface area contributed by atoms with E-state index in [0.717, 1.165) is 10.2 Å². The Balaban J connectivity index is 1.49. The van der Waals surface area contributed by atoms with Crippen LogP contribution < -0.4 is 20.3 Å². The number of hydrogen-bond acceptors (Lipinski definition) is 6. The SMILES string of the molecule is COc1cc(NC(=O)C2(NC(=O)c3ccc(Br)s3)CCC2)ccc1N1CCOCCC1=O. The van der Waals surface area contributed by atoms with Crippen molar-refractivity contribution in [3.63, 3.8) is 0 Å². The van der Waals surface area contributed by atoms with E-state index in [0.29, 0.717) is 61.0 Å². The second kappa shape index (κ2) is 9.60. The van der Waals surface area contributed by atoms with Crippen molar-refractivity contribution in [1.82, 2.24) is 5.32 Å². The fourth-order valence-corrected chi connectivity index (χ4v) is 5.10. The maximum Gasteiger partial charge on any atom is 0.262 e. The van der Waals surface area contributed by atoms with Gasteiger partial charge in [0.15, 0.2) is 0 Å². The number of anilines is 2. The van der Waals surface area contributed by atoms with Gasteiger partial charge in [0.1, 0.15) is 11.3 Å². The number of nitrogens with one attached hydrogen (secondary N) is 2. The number of carbonyl (C=O) groups excluding carboxylic acids is 3. The normalized spacial score (nSPS) is 17.8. The number of halogens is 1. The monoisotopic (exact) mass is 521 g/mol. The van der Waals surface area contributed by atoms with Gasteiger partial charge in [-0.1, -0.05) is 0 Å². The predicted molar refractivity (Wildman–Crippen MR) is 125 cm³/mol. The lowest BCUT2D eigenvalue weighted by Gasteiger charge is -2.40. The molecule has 170 valence electrons. The standard InChI is InChI=1S/C22H24BrN3O5S/c1-30-16-13-14(3-4-15(16)26-10-12-31-11-7-19(26)27)24-21(29)22(8-2-9-22)25-20(28)17-5-6-18(23)32-17/h3-6,13H,2,7-12H2,1H3,(H,24,29)(H,25,28). The number of thiophene rings is 1. The lowest BCUT2D eigenvalue weighted by atomic mass is 9.75. The molecule has 1 aliphatic carbocycles. The minimum absolute atomic E-state index is 0.0334. The molecule has 3 amide bonds. The zero-order valence-corrected chi connectivity index (χ0v) is 20.0. The van der Waals surface area contributed by atoms with E-state index in [4.69, 9.17) is 9.47 Å². The summed E-state index contributed by atoms with van der Waals surface area (Å²) in [7, 11) is 1.52. The third kappa shape index (κ3) is 4.67. The third-order valence-electron chi connectivity index (χ3n) is 5.74. The molecule has 2 fully saturated rings. The molecule has 1 aliphatic heterocycles. The average Bonchev–Trinajstić information content (AvgIpc) is 3.08. The molecule has 2 aromatic rings. The van der Waals surface area contributed by atoms with E-state index in [2.05, 4.69) is 26.6 Å². The van der Waals surface area contributed by atoms with Gasteiger partial charge in [0, 0.05) is 18.3 Å². The fourth-order valence-electron chi connectivity index (χ4n) is 3.82. The van der Waals surface area contributed by atoms with Gasteiger partial charge in [-0.25, -0.2) is 0 Å². The third-order valence-corrected chi connectivity index (χ3v) is 7.36. The molecule has 1 saturated heterocycles. The summed E-state index contributed by atoms with van der Waals surface area (Å²) in [6.45, 7) is 1.30. The largest absolute Gasteiger partial charge is 0.494 e. The van der Waals surface area contributed by atoms with Gasteiger partial charge in [-0.2, -0.15) is 0 Å². The molecule has 0 spiro atoms. The number of rotatable bonds is 6. The summed E-state index contributed by atoms with van der Waals surface area (Å²) in [5.41, 5.74) is 0.238. The molecule has 1 aromatic heterocycles. The fraction of sp³-hybridized carbons (Fsp3) is 0.409. The van der Waals surface area contributed by atoms with Crippen LogP contribution in [0.3, 0.4) is 0 Å². The van der Waals surface area contributed by atoms with Crippen LogP contribution in [-0.2, 0) is 14.3 Å². The van der Waals surface area contributed by atoms with Crippen molar-refractivity contribution in [2.75, 3.05) is 37.1 Å². The topological polar surface area (TPSA) is 97.0 Å². The molecule has 4 rings (SSSR count). The molecular formula is C22H24BrN3O5S. The van der Waals surface area contributed by atoms with Crippen LogP contribution in [0.25, 0.3) is 0 Å². The van der Waals surface area contributed by atoms with E-state index in [1.807, 2.05) is 6.07 Å². The Morgan fingerprint density at radius 3 is 2.69 bits per heavy atom. The number of benzene rings is 1. The Labute approximate surface area is 198 Å². The summed E-state index contributed by atoms with van der Waals surface area (Å²) < 4.78 is 11.8. The number of carbonyl (C=O) groups is 3. The first-order valence-corrected chi connectivity index (χ1v) is 12.0. The van der Waals surface area contributed by atoms with Crippen LogP contribution in [0.2, 0.25) is 0 Å². The molecule has 10 heteroatoms. The van der Waals surface area contributed by atoms with Gasteiger partial charge >= 0.3 is 0 Å². The van der Waals surface area contributed by atoms with E-state index in [1.54, 1.807) is 29.2 Å². The molecule has 1 aromatic carbocycles. The zero-order chi connectivity index (χ0) is 22.7. The second-order valence-electron chi connectivity index (χ2n) is 7.74. The van der Waals surface area contributed by atoms with Crippen LogP contribution in [0.1, 0.15) is 35.4 Å². The van der Waals surface area contributed by atoms with E-state index in [1.165, 1.54) is 18.4 Å². The summed E-state index contributed by atoms with van der Waals surface area (Å²) in [6, 6.07) is 8.72. The summed E-state index contributed by atoms with van der Waals surface area (Å²) in [6.07, 6.45) is 2.33. The Morgan fingerprint density at radius 1 is 1.22 bits per heavy atom. The maximum absolute atomic E-state index is 13.1. The summed E-state index contributed by atoms with van der Waals surface area (Å²) in [5.74, 6) is -0.0748. The number of methoxy groups -OCH3 is 1. The minimum atomic E-state index is -0.933. The lowest BCUT2D eigenvalue weighted by molar-refractivity contribution is -0.125. The van der Waals surface area contributed by atoms with Crippen LogP contribution >= 0.6 is 27.3 Å². The van der Waals surface area contributed by atoms with E-state index >= 15 is 0 Å². The Morgan fingerprint density at radius 2 is 2.03 bits per heavy atom. The molecule has 2 heterocycles. The molecule has 0 bridgehead atoms. The Hall–Kier alpha value is -2.43. The van der Waals surface area contributed by atoms with E-state index in [-0.39, 0.29) is 17.7 Å². The number of nitrogens with zero attached hydrogens (tertiary/aromatic N) is 1. The first-order chi connectivity index (χ1) is 15.4. The Kier molecular flexibility index (Phi) is 6.82.